The molecule has 1 N–H and O–H groups in total. The second kappa shape index (κ2) is 6.07. The third-order valence-corrected chi connectivity index (χ3v) is 4.56. The molecule has 2 heterocycles. The molecule has 124 valence electrons. The highest BCUT2D eigenvalue weighted by Gasteiger charge is 2.30. The van der Waals surface area contributed by atoms with Crippen molar-refractivity contribution < 1.29 is 14.3 Å². The Balaban J connectivity index is 1.51. The van der Waals surface area contributed by atoms with Crippen LogP contribution in [0.2, 0.25) is 0 Å². The SMILES string of the molecule is Cc1cccc(C2CCCN2C(=O)Nc2ccc3c(c2)OCO3)c1. The van der Waals surface area contributed by atoms with Crippen LogP contribution < -0.4 is 14.8 Å². The minimum absolute atomic E-state index is 0.0714. The summed E-state index contributed by atoms with van der Waals surface area (Å²) in [5, 5.41) is 2.98. The number of hydrogen-bond acceptors (Lipinski definition) is 3. The van der Waals surface area contributed by atoms with Crippen LogP contribution >= 0.6 is 0 Å². The van der Waals surface area contributed by atoms with Crippen molar-refractivity contribution in [3.63, 3.8) is 0 Å². The zero-order valence-electron chi connectivity index (χ0n) is 13.6. The maximum Gasteiger partial charge on any atom is 0.322 e. The Kier molecular flexibility index (Phi) is 3.76. The van der Waals surface area contributed by atoms with E-state index < -0.39 is 0 Å². The molecule has 0 saturated carbocycles. The number of hydrogen-bond donors (Lipinski definition) is 1. The lowest BCUT2D eigenvalue weighted by Gasteiger charge is -2.25. The molecule has 2 aliphatic rings. The van der Waals surface area contributed by atoms with E-state index in [1.54, 1.807) is 6.07 Å². The number of rotatable bonds is 2. The van der Waals surface area contributed by atoms with Crippen LogP contribution in [0, 0.1) is 6.92 Å². The number of ether oxygens (including phenoxy) is 2. The fraction of sp³-hybridized carbons (Fsp3) is 0.316. The van der Waals surface area contributed by atoms with Crippen molar-refractivity contribution in [1.82, 2.24) is 4.90 Å². The van der Waals surface area contributed by atoms with Crippen molar-refractivity contribution >= 4 is 11.7 Å². The van der Waals surface area contributed by atoms with Gasteiger partial charge in [-0.05, 0) is 37.5 Å². The lowest BCUT2D eigenvalue weighted by atomic mass is 10.0. The van der Waals surface area contributed by atoms with Crippen LogP contribution in [0.15, 0.2) is 42.5 Å². The predicted molar refractivity (Wildman–Crippen MR) is 91.4 cm³/mol. The number of nitrogens with zero attached hydrogens (tertiary/aromatic N) is 1. The Labute approximate surface area is 141 Å². The van der Waals surface area contributed by atoms with E-state index in [1.165, 1.54) is 11.1 Å². The van der Waals surface area contributed by atoms with Gasteiger partial charge < -0.3 is 19.7 Å². The molecule has 0 aromatic heterocycles. The van der Waals surface area contributed by atoms with Gasteiger partial charge in [0, 0.05) is 18.3 Å². The first kappa shape index (κ1) is 14.9. The van der Waals surface area contributed by atoms with Crippen molar-refractivity contribution in [1.29, 1.82) is 0 Å². The first-order chi connectivity index (χ1) is 11.7. The number of nitrogens with one attached hydrogen (secondary N) is 1. The molecule has 1 fully saturated rings. The molecule has 4 rings (SSSR count). The first-order valence-electron chi connectivity index (χ1n) is 8.24. The standard InChI is InChI=1S/C19H20N2O3/c1-13-4-2-5-14(10-13)16-6-3-9-21(16)19(22)20-15-7-8-17-18(11-15)24-12-23-17/h2,4-5,7-8,10-11,16H,3,6,9,12H2,1H3,(H,20,22). The molecule has 0 spiro atoms. The summed E-state index contributed by atoms with van der Waals surface area (Å²) in [5.41, 5.74) is 3.14. The smallest absolute Gasteiger partial charge is 0.322 e. The summed E-state index contributed by atoms with van der Waals surface area (Å²) in [6.45, 7) is 3.08. The summed E-state index contributed by atoms with van der Waals surface area (Å²) in [6.07, 6.45) is 2.02. The molecule has 0 bridgehead atoms. The summed E-state index contributed by atoms with van der Waals surface area (Å²) in [5.74, 6) is 1.39. The fourth-order valence-electron chi connectivity index (χ4n) is 3.40. The van der Waals surface area contributed by atoms with Gasteiger partial charge in [-0.2, -0.15) is 0 Å². The van der Waals surface area contributed by atoms with Crippen LogP contribution in [0.5, 0.6) is 11.5 Å². The quantitative estimate of drug-likeness (QED) is 0.905. The number of likely N-dealkylation sites (tertiary alicyclic amines) is 1. The molecule has 0 aliphatic carbocycles. The highest BCUT2D eigenvalue weighted by atomic mass is 16.7. The molecule has 5 nitrogen and oxygen atoms in total. The highest BCUT2D eigenvalue weighted by Crippen LogP contribution is 2.36. The normalized spacial score (nSPS) is 18.7. The third kappa shape index (κ3) is 2.77. The van der Waals surface area contributed by atoms with Gasteiger partial charge in [-0.3, -0.25) is 0 Å². The van der Waals surface area contributed by atoms with Crippen LogP contribution in [0.25, 0.3) is 0 Å². The van der Waals surface area contributed by atoms with Crippen molar-refractivity contribution in [2.75, 3.05) is 18.7 Å². The number of carbonyl (C=O) groups excluding carboxylic acids is 1. The van der Waals surface area contributed by atoms with E-state index in [-0.39, 0.29) is 18.9 Å². The first-order valence-corrected chi connectivity index (χ1v) is 8.24. The van der Waals surface area contributed by atoms with E-state index in [1.807, 2.05) is 17.0 Å². The zero-order valence-corrected chi connectivity index (χ0v) is 13.6. The lowest BCUT2D eigenvalue weighted by molar-refractivity contribution is 0.174. The van der Waals surface area contributed by atoms with Gasteiger partial charge in [-0.1, -0.05) is 29.8 Å². The van der Waals surface area contributed by atoms with Crippen LogP contribution in [-0.2, 0) is 0 Å². The van der Waals surface area contributed by atoms with E-state index in [4.69, 9.17) is 9.47 Å². The molecular formula is C19H20N2O3. The molecule has 24 heavy (non-hydrogen) atoms. The minimum atomic E-state index is -0.0714. The molecular weight excluding hydrogens is 304 g/mol. The molecule has 2 amide bonds. The van der Waals surface area contributed by atoms with Gasteiger partial charge in [0.2, 0.25) is 6.79 Å². The summed E-state index contributed by atoms with van der Waals surface area (Å²) in [7, 11) is 0. The molecule has 2 aromatic carbocycles. The number of carbonyl (C=O) groups is 1. The molecule has 5 heteroatoms. The average molecular weight is 324 g/mol. The van der Waals surface area contributed by atoms with Crippen LogP contribution in [0.1, 0.15) is 30.0 Å². The lowest BCUT2D eigenvalue weighted by Crippen LogP contribution is -2.34. The molecule has 1 unspecified atom stereocenters. The number of fused-ring (bicyclic) bond motifs is 1. The maximum atomic E-state index is 12.7. The van der Waals surface area contributed by atoms with Crippen molar-refractivity contribution in [2.45, 2.75) is 25.8 Å². The molecule has 1 atom stereocenters. The highest BCUT2D eigenvalue weighted by molar-refractivity contribution is 5.90. The van der Waals surface area contributed by atoms with Gasteiger partial charge in [0.25, 0.3) is 0 Å². The van der Waals surface area contributed by atoms with E-state index in [0.717, 1.165) is 25.1 Å². The second-order valence-corrected chi connectivity index (χ2v) is 6.26. The topological polar surface area (TPSA) is 50.8 Å². The number of anilines is 1. The Morgan fingerprint density at radius 2 is 2.04 bits per heavy atom. The second-order valence-electron chi connectivity index (χ2n) is 6.26. The van der Waals surface area contributed by atoms with Crippen molar-refractivity contribution in [2.24, 2.45) is 0 Å². The van der Waals surface area contributed by atoms with Crippen LogP contribution in [0.4, 0.5) is 10.5 Å². The Bertz CT molecular complexity index is 775. The zero-order chi connectivity index (χ0) is 16.5. The molecule has 0 radical (unpaired) electrons. The van der Waals surface area contributed by atoms with E-state index in [9.17, 15) is 4.79 Å². The van der Waals surface area contributed by atoms with E-state index in [2.05, 4.69) is 36.5 Å². The third-order valence-electron chi connectivity index (χ3n) is 4.56. The summed E-state index contributed by atoms with van der Waals surface area (Å²) in [6, 6.07) is 13.9. The number of amides is 2. The van der Waals surface area contributed by atoms with Crippen molar-refractivity contribution in [3.05, 3.63) is 53.6 Å². The van der Waals surface area contributed by atoms with E-state index >= 15 is 0 Å². The number of benzene rings is 2. The monoisotopic (exact) mass is 324 g/mol. The number of aryl methyl sites for hydroxylation is 1. The average Bonchev–Trinajstić information content (AvgIpc) is 3.23. The molecule has 1 saturated heterocycles. The maximum absolute atomic E-state index is 12.7. The predicted octanol–water partition coefficient (Wildman–Crippen LogP) is 4.09. The Morgan fingerprint density at radius 3 is 2.92 bits per heavy atom. The summed E-state index contributed by atoms with van der Waals surface area (Å²) < 4.78 is 10.7. The Hall–Kier alpha value is -2.69. The molecule has 2 aliphatic heterocycles. The van der Waals surface area contributed by atoms with Gasteiger partial charge in [0.1, 0.15) is 0 Å². The van der Waals surface area contributed by atoms with Gasteiger partial charge in [-0.25, -0.2) is 4.79 Å². The van der Waals surface area contributed by atoms with Crippen molar-refractivity contribution in [3.8, 4) is 11.5 Å². The minimum Gasteiger partial charge on any atom is -0.454 e. The number of urea groups is 1. The van der Waals surface area contributed by atoms with Gasteiger partial charge in [0.05, 0.1) is 6.04 Å². The Morgan fingerprint density at radius 1 is 1.17 bits per heavy atom. The largest absolute Gasteiger partial charge is 0.454 e. The van der Waals surface area contributed by atoms with Crippen LogP contribution in [0.3, 0.4) is 0 Å². The van der Waals surface area contributed by atoms with Crippen LogP contribution in [-0.4, -0.2) is 24.3 Å². The van der Waals surface area contributed by atoms with E-state index in [0.29, 0.717) is 11.5 Å². The van der Waals surface area contributed by atoms with Gasteiger partial charge in [-0.15, -0.1) is 0 Å². The molecule has 2 aromatic rings. The van der Waals surface area contributed by atoms with Gasteiger partial charge in [0.15, 0.2) is 11.5 Å². The van der Waals surface area contributed by atoms with Gasteiger partial charge >= 0.3 is 6.03 Å². The summed E-state index contributed by atoms with van der Waals surface area (Å²) in [4.78, 5) is 14.6. The fourth-order valence-corrected chi connectivity index (χ4v) is 3.40. The summed E-state index contributed by atoms with van der Waals surface area (Å²) >= 11 is 0.